The zero-order valence-electron chi connectivity index (χ0n) is 8.12. The zero-order valence-corrected chi connectivity index (χ0v) is 8.12. The Labute approximate surface area is 78.6 Å². The number of allylic oxidation sites excluding steroid dienone is 2. The van der Waals surface area contributed by atoms with Crippen molar-refractivity contribution in [1.82, 2.24) is 5.01 Å². The van der Waals surface area contributed by atoms with Crippen molar-refractivity contribution in [3.05, 3.63) is 24.1 Å². The summed E-state index contributed by atoms with van der Waals surface area (Å²) >= 11 is 0. The highest BCUT2D eigenvalue weighted by molar-refractivity contribution is 5.17. The Hall–Kier alpha value is -1.00. The second kappa shape index (κ2) is 4.30. The molecule has 0 spiro atoms. The number of hydrazine groups is 1. The minimum absolute atomic E-state index is 0.0476. The summed E-state index contributed by atoms with van der Waals surface area (Å²) in [6.07, 6.45) is 1.77. The first-order chi connectivity index (χ1) is 6.19. The third-order valence-electron chi connectivity index (χ3n) is 2.04. The second-order valence-corrected chi connectivity index (χ2v) is 3.01. The van der Waals surface area contributed by atoms with Crippen LogP contribution in [0.1, 0.15) is 6.92 Å². The molecule has 1 fully saturated rings. The molecule has 0 aromatic heterocycles. The molecule has 1 atom stereocenters. The average Bonchev–Trinajstić information content (AvgIpc) is 2.16. The quantitative estimate of drug-likeness (QED) is 0.639. The van der Waals surface area contributed by atoms with Gasteiger partial charge in [-0.1, -0.05) is 12.7 Å². The van der Waals surface area contributed by atoms with Crippen molar-refractivity contribution in [1.29, 1.82) is 0 Å². The Morgan fingerprint density at radius 2 is 2.54 bits per heavy atom. The summed E-state index contributed by atoms with van der Waals surface area (Å²) in [6, 6.07) is 0. The van der Waals surface area contributed by atoms with Crippen LogP contribution in [0.5, 0.6) is 0 Å². The van der Waals surface area contributed by atoms with Gasteiger partial charge in [0.2, 0.25) is 5.88 Å². The topological polar surface area (TPSA) is 47.7 Å². The van der Waals surface area contributed by atoms with Gasteiger partial charge in [-0.3, -0.25) is 5.01 Å². The summed E-state index contributed by atoms with van der Waals surface area (Å²) < 4.78 is 10.6. The highest BCUT2D eigenvalue weighted by Gasteiger charge is 2.22. The van der Waals surface area contributed by atoms with Crippen molar-refractivity contribution < 1.29 is 9.47 Å². The highest BCUT2D eigenvalue weighted by atomic mass is 16.5. The van der Waals surface area contributed by atoms with Gasteiger partial charge in [0.15, 0.2) is 0 Å². The lowest BCUT2D eigenvalue weighted by Gasteiger charge is -2.32. The van der Waals surface area contributed by atoms with E-state index in [2.05, 4.69) is 6.58 Å². The maximum atomic E-state index is 5.74. The molecule has 0 aliphatic carbocycles. The van der Waals surface area contributed by atoms with Crippen molar-refractivity contribution in [3.8, 4) is 0 Å². The lowest BCUT2D eigenvalue weighted by molar-refractivity contribution is -0.0504. The standard InChI is InChI=1S/C9H16N2O2/c1-4-7(2)9-11(10)5-8(12-3)6-13-9/h4,8H,1,5-6,10H2,2-3H3/b9-7+/t8-/m1/s1. The molecule has 1 heterocycles. The third-order valence-corrected chi connectivity index (χ3v) is 2.04. The molecule has 1 aliphatic rings. The Balaban J connectivity index is 2.68. The molecule has 0 aromatic carbocycles. The molecule has 0 amide bonds. The van der Waals surface area contributed by atoms with Gasteiger partial charge < -0.3 is 9.47 Å². The Bertz CT molecular complexity index is 226. The Morgan fingerprint density at radius 3 is 3.00 bits per heavy atom. The van der Waals surface area contributed by atoms with E-state index in [1.165, 1.54) is 0 Å². The molecule has 0 aromatic rings. The van der Waals surface area contributed by atoms with Crippen LogP contribution in [-0.2, 0) is 9.47 Å². The van der Waals surface area contributed by atoms with E-state index in [1.807, 2.05) is 6.92 Å². The largest absolute Gasteiger partial charge is 0.475 e. The fourth-order valence-electron chi connectivity index (χ4n) is 1.18. The lowest BCUT2D eigenvalue weighted by Crippen LogP contribution is -2.46. The van der Waals surface area contributed by atoms with Gasteiger partial charge in [0.1, 0.15) is 12.7 Å². The van der Waals surface area contributed by atoms with Crippen molar-refractivity contribution in [2.24, 2.45) is 5.84 Å². The molecule has 1 aliphatic heterocycles. The smallest absolute Gasteiger partial charge is 0.206 e. The van der Waals surface area contributed by atoms with E-state index in [4.69, 9.17) is 15.3 Å². The predicted octanol–water partition coefficient (Wildman–Crippen LogP) is 0.625. The van der Waals surface area contributed by atoms with Gasteiger partial charge in [0.05, 0.1) is 6.54 Å². The van der Waals surface area contributed by atoms with Gasteiger partial charge in [-0.15, -0.1) is 0 Å². The van der Waals surface area contributed by atoms with E-state index in [-0.39, 0.29) is 6.10 Å². The van der Waals surface area contributed by atoms with Crippen LogP contribution in [0.4, 0.5) is 0 Å². The molecule has 2 N–H and O–H groups in total. The van der Waals surface area contributed by atoms with Gasteiger partial charge >= 0.3 is 0 Å². The van der Waals surface area contributed by atoms with Crippen LogP contribution < -0.4 is 5.84 Å². The normalized spacial score (nSPS) is 26.7. The molecule has 0 radical (unpaired) electrons. The maximum absolute atomic E-state index is 5.74. The molecule has 1 rings (SSSR count). The Kier molecular flexibility index (Phi) is 3.33. The third kappa shape index (κ3) is 2.23. The van der Waals surface area contributed by atoms with E-state index in [9.17, 15) is 0 Å². The zero-order chi connectivity index (χ0) is 9.84. The minimum atomic E-state index is 0.0476. The number of nitrogens with zero attached hydrogens (tertiary/aromatic N) is 1. The molecular weight excluding hydrogens is 168 g/mol. The predicted molar refractivity (Wildman–Crippen MR) is 50.5 cm³/mol. The molecule has 4 heteroatoms. The first kappa shape index (κ1) is 10.1. The first-order valence-electron chi connectivity index (χ1n) is 4.20. The Morgan fingerprint density at radius 1 is 1.85 bits per heavy atom. The van der Waals surface area contributed by atoms with Crippen molar-refractivity contribution >= 4 is 0 Å². The monoisotopic (exact) mass is 184 g/mol. The van der Waals surface area contributed by atoms with E-state index >= 15 is 0 Å². The number of ether oxygens (including phenoxy) is 2. The van der Waals surface area contributed by atoms with Crippen molar-refractivity contribution in [2.75, 3.05) is 20.3 Å². The van der Waals surface area contributed by atoms with Crippen LogP contribution in [0.25, 0.3) is 0 Å². The van der Waals surface area contributed by atoms with Crippen molar-refractivity contribution in [2.45, 2.75) is 13.0 Å². The van der Waals surface area contributed by atoms with Crippen LogP contribution in [-0.4, -0.2) is 31.4 Å². The maximum Gasteiger partial charge on any atom is 0.206 e. The van der Waals surface area contributed by atoms with Crippen LogP contribution in [0.15, 0.2) is 24.1 Å². The average molecular weight is 184 g/mol. The molecule has 0 saturated carbocycles. The molecular formula is C9H16N2O2. The van der Waals surface area contributed by atoms with E-state index in [0.29, 0.717) is 19.0 Å². The fourth-order valence-corrected chi connectivity index (χ4v) is 1.18. The van der Waals surface area contributed by atoms with Gasteiger partial charge in [-0.25, -0.2) is 5.84 Å². The summed E-state index contributed by atoms with van der Waals surface area (Å²) in [5.41, 5.74) is 0.942. The highest BCUT2D eigenvalue weighted by Crippen LogP contribution is 2.16. The molecule has 4 nitrogen and oxygen atoms in total. The molecule has 0 unspecified atom stereocenters. The summed E-state index contributed by atoms with van der Waals surface area (Å²) in [5.74, 6) is 6.43. The summed E-state index contributed by atoms with van der Waals surface area (Å²) in [7, 11) is 1.65. The minimum Gasteiger partial charge on any atom is -0.475 e. The number of hydrogen-bond donors (Lipinski definition) is 1. The number of methoxy groups -OCH3 is 1. The van der Waals surface area contributed by atoms with Crippen LogP contribution in [0.3, 0.4) is 0 Å². The summed E-state index contributed by atoms with van der Waals surface area (Å²) in [6.45, 7) is 6.77. The fraction of sp³-hybridized carbons (Fsp3) is 0.556. The van der Waals surface area contributed by atoms with Crippen LogP contribution >= 0.6 is 0 Å². The molecule has 74 valence electrons. The lowest BCUT2D eigenvalue weighted by atomic mass is 10.2. The van der Waals surface area contributed by atoms with Gasteiger partial charge in [0, 0.05) is 12.7 Å². The van der Waals surface area contributed by atoms with Gasteiger partial charge in [-0.2, -0.15) is 0 Å². The summed E-state index contributed by atoms with van der Waals surface area (Å²) in [5, 5.41) is 1.55. The molecule has 13 heavy (non-hydrogen) atoms. The van der Waals surface area contributed by atoms with Crippen LogP contribution in [0, 0.1) is 0 Å². The SMILES string of the molecule is C=C/C(C)=C1/OC[C@H](OC)CN1N. The summed E-state index contributed by atoms with van der Waals surface area (Å²) in [4.78, 5) is 0. The number of nitrogens with two attached hydrogens (primary N) is 1. The van der Waals surface area contributed by atoms with Crippen molar-refractivity contribution in [3.63, 3.8) is 0 Å². The molecule has 0 bridgehead atoms. The van der Waals surface area contributed by atoms with E-state index in [1.54, 1.807) is 18.2 Å². The van der Waals surface area contributed by atoms with Crippen LogP contribution in [0.2, 0.25) is 0 Å². The van der Waals surface area contributed by atoms with E-state index < -0.39 is 0 Å². The van der Waals surface area contributed by atoms with Gasteiger partial charge in [0.25, 0.3) is 0 Å². The molecule has 1 saturated heterocycles. The van der Waals surface area contributed by atoms with E-state index in [0.717, 1.165) is 5.57 Å². The number of hydrogen-bond acceptors (Lipinski definition) is 4. The first-order valence-corrected chi connectivity index (χ1v) is 4.20. The van der Waals surface area contributed by atoms with Gasteiger partial charge in [-0.05, 0) is 6.92 Å². The second-order valence-electron chi connectivity index (χ2n) is 3.01. The number of rotatable bonds is 2.